The van der Waals surface area contributed by atoms with Crippen LogP contribution in [-0.4, -0.2) is 18.2 Å². The molecule has 0 bridgehead atoms. The van der Waals surface area contributed by atoms with Crippen molar-refractivity contribution >= 4 is 11.3 Å². The van der Waals surface area contributed by atoms with Crippen molar-refractivity contribution in [2.24, 2.45) is 0 Å². The molecule has 14 heavy (non-hydrogen) atoms. The van der Waals surface area contributed by atoms with Gasteiger partial charge < -0.3 is 5.32 Å². The maximum atomic E-state index is 12.0. The normalized spacial score (nSPS) is 14.3. The average molecular weight is 224 g/mol. The van der Waals surface area contributed by atoms with Gasteiger partial charge in [-0.25, -0.2) is 0 Å². The van der Waals surface area contributed by atoms with Gasteiger partial charge in [0.25, 0.3) is 0 Å². The van der Waals surface area contributed by atoms with Crippen molar-refractivity contribution in [3.8, 4) is 0 Å². The van der Waals surface area contributed by atoms with E-state index in [1.165, 1.54) is 11.3 Å². The molecule has 1 aromatic rings. The predicted octanol–water partition coefficient (Wildman–Crippen LogP) is 2.75. The molecule has 1 N–H and O–H groups in total. The summed E-state index contributed by atoms with van der Waals surface area (Å²) in [4.78, 5) is 4.68. The van der Waals surface area contributed by atoms with Crippen LogP contribution in [0.25, 0.3) is 0 Å². The smallest absolute Gasteiger partial charge is 0.312 e. The van der Waals surface area contributed by atoms with Crippen LogP contribution < -0.4 is 5.32 Å². The first-order valence-electron chi connectivity index (χ1n) is 4.15. The third-order valence-electron chi connectivity index (χ3n) is 1.86. The van der Waals surface area contributed by atoms with E-state index in [9.17, 15) is 13.2 Å². The highest BCUT2D eigenvalue weighted by Crippen LogP contribution is 2.28. The van der Waals surface area contributed by atoms with Gasteiger partial charge in [-0.15, -0.1) is 11.3 Å². The van der Waals surface area contributed by atoms with Crippen LogP contribution in [0.4, 0.5) is 13.2 Å². The number of aromatic nitrogens is 1. The summed E-state index contributed by atoms with van der Waals surface area (Å²) in [5.74, 6) is 0. The molecule has 0 spiro atoms. The summed E-state index contributed by atoms with van der Waals surface area (Å²) >= 11 is 1.37. The van der Waals surface area contributed by atoms with Crippen molar-refractivity contribution in [2.45, 2.75) is 25.1 Å². The molecule has 0 fully saturated rings. The lowest BCUT2D eigenvalue weighted by Gasteiger charge is -2.14. The molecular weight excluding hydrogens is 213 g/mol. The third-order valence-corrected chi connectivity index (χ3v) is 2.75. The Morgan fingerprint density at radius 3 is 2.71 bits per heavy atom. The molecule has 1 heterocycles. The molecular formula is C8H11F3N2S. The number of halogens is 3. The van der Waals surface area contributed by atoms with Gasteiger partial charge in [0.15, 0.2) is 0 Å². The number of nitrogens with one attached hydrogen (secondary N) is 1. The monoisotopic (exact) mass is 224 g/mol. The van der Waals surface area contributed by atoms with Gasteiger partial charge in [0.05, 0.1) is 5.51 Å². The molecule has 6 heteroatoms. The van der Waals surface area contributed by atoms with Gasteiger partial charge in [-0.1, -0.05) is 0 Å². The molecule has 1 unspecified atom stereocenters. The van der Waals surface area contributed by atoms with Crippen molar-refractivity contribution < 1.29 is 13.2 Å². The van der Waals surface area contributed by atoms with Crippen molar-refractivity contribution in [1.29, 1.82) is 0 Å². The molecule has 2 nitrogen and oxygen atoms in total. The number of thiazole rings is 1. The van der Waals surface area contributed by atoms with E-state index in [1.807, 2.05) is 0 Å². The minimum Gasteiger partial charge on any atom is -0.312 e. The maximum Gasteiger partial charge on any atom is 0.389 e. The van der Waals surface area contributed by atoms with Crippen LogP contribution >= 0.6 is 11.3 Å². The fraction of sp³-hybridized carbons (Fsp3) is 0.625. The Labute approximate surface area is 84.2 Å². The second-order valence-electron chi connectivity index (χ2n) is 2.90. The Morgan fingerprint density at radius 2 is 2.29 bits per heavy atom. The predicted molar refractivity (Wildman–Crippen MR) is 49.2 cm³/mol. The van der Waals surface area contributed by atoms with Crippen molar-refractivity contribution in [2.75, 3.05) is 7.05 Å². The van der Waals surface area contributed by atoms with Crippen LogP contribution in [0.2, 0.25) is 0 Å². The van der Waals surface area contributed by atoms with Gasteiger partial charge in [-0.2, -0.15) is 13.2 Å². The lowest BCUT2D eigenvalue weighted by atomic mass is 10.1. The molecule has 1 aromatic heterocycles. The van der Waals surface area contributed by atoms with Crippen LogP contribution in [-0.2, 0) is 0 Å². The topological polar surface area (TPSA) is 24.9 Å². The van der Waals surface area contributed by atoms with Crippen molar-refractivity contribution in [3.63, 3.8) is 0 Å². The zero-order valence-electron chi connectivity index (χ0n) is 7.64. The van der Waals surface area contributed by atoms with Gasteiger partial charge >= 0.3 is 6.18 Å². The zero-order valence-corrected chi connectivity index (χ0v) is 8.45. The Morgan fingerprint density at radius 1 is 1.57 bits per heavy atom. The van der Waals surface area contributed by atoms with E-state index in [4.69, 9.17) is 0 Å². The average Bonchev–Trinajstić information content (AvgIpc) is 2.56. The van der Waals surface area contributed by atoms with E-state index in [2.05, 4.69) is 10.3 Å². The lowest BCUT2D eigenvalue weighted by molar-refractivity contribution is -0.136. The fourth-order valence-electron chi connectivity index (χ4n) is 1.13. The Kier molecular flexibility index (Phi) is 3.88. The number of hydrogen-bond donors (Lipinski definition) is 1. The van der Waals surface area contributed by atoms with Gasteiger partial charge in [-0.3, -0.25) is 4.98 Å². The highest BCUT2D eigenvalue weighted by atomic mass is 32.1. The number of hydrogen-bond acceptors (Lipinski definition) is 3. The van der Waals surface area contributed by atoms with Gasteiger partial charge in [-0.05, 0) is 13.5 Å². The van der Waals surface area contributed by atoms with E-state index >= 15 is 0 Å². The first kappa shape index (κ1) is 11.5. The minimum absolute atomic E-state index is 0.0577. The quantitative estimate of drug-likeness (QED) is 0.850. The standard InChI is InChI=1S/C8H11F3N2S/c1-12-6(2-3-8(9,10)11)7-4-13-5-14-7/h4-6,12H,2-3H2,1H3. The second-order valence-corrected chi connectivity index (χ2v) is 3.82. The SMILES string of the molecule is CNC(CCC(F)(F)F)c1cncs1. The molecule has 1 atom stereocenters. The zero-order chi connectivity index (χ0) is 10.6. The van der Waals surface area contributed by atoms with Crippen molar-refractivity contribution in [3.05, 3.63) is 16.6 Å². The summed E-state index contributed by atoms with van der Waals surface area (Å²) in [5.41, 5.74) is 1.62. The molecule has 0 saturated heterocycles. The number of alkyl halides is 3. The Bertz CT molecular complexity index is 258. The first-order valence-corrected chi connectivity index (χ1v) is 5.03. The third kappa shape index (κ3) is 3.63. The molecule has 0 saturated carbocycles. The highest BCUT2D eigenvalue weighted by molar-refractivity contribution is 7.09. The van der Waals surface area contributed by atoms with Crippen LogP contribution in [0.3, 0.4) is 0 Å². The lowest BCUT2D eigenvalue weighted by Crippen LogP contribution is -2.18. The highest BCUT2D eigenvalue weighted by Gasteiger charge is 2.28. The van der Waals surface area contributed by atoms with E-state index in [0.717, 1.165) is 4.88 Å². The molecule has 1 rings (SSSR count). The molecule has 0 aliphatic heterocycles. The van der Waals surface area contributed by atoms with Crippen molar-refractivity contribution in [1.82, 2.24) is 10.3 Å². The summed E-state index contributed by atoms with van der Waals surface area (Å²) in [6, 6.07) is -0.246. The number of rotatable bonds is 4. The summed E-state index contributed by atoms with van der Waals surface area (Å²) in [7, 11) is 1.65. The summed E-state index contributed by atoms with van der Waals surface area (Å²) in [6.45, 7) is 0. The summed E-state index contributed by atoms with van der Waals surface area (Å²) < 4.78 is 35.9. The molecule has 0 radical (unpaired) electrons. The largest absolute Gasteiger partial charge is 0.389 e. The Hall–Kier alpha value is -0.620. The molecule has 0 aliphatic rings. The van der Waals surface area contributed by atoms with E-state index in [-0.39, 0.29) is 12.5 Å². The Balaban J connectivity index is 2.49. The number of nitrogens with zero attached hydrogens (tertiary/aromatic N) is 1. The second kappa shape index (κ2) is 4.75. The summed E-state index contributed by atoms with van der Waals surface area (Å²) in [6.07, 6.45) is -3.19. The molecule has 0 aromatic carbocycles. The molecule has 0 amide bonds. The first-order chi connectivity index (χ1) is 6.53. The van der Waals surface area contributed by atoms with E-state index in [0.29, 0.717) is 0 Å². The fourth-order valence-corrected chi connectivity index (χ4v) is 1.90. The van der Waals surface area contributed by atoms with Gasteiger partial charge in [0.1, 0.15) is 0 Å². The van der Waals surface area contributed by atoms with Gasteiger partial charge in [0, 0.05) is 23.5 Å². The molecule has 0 aliphatic carbocycles. The summed E-state index contributed by atoms with van der Waals surface area (Å²) in [5, 5.41) is 2.85. The van der Waals surface area contributed by atoms with Crippen LogP contribution in [0.15, 0.2) is 11.7 Å². The maximum absolute atomic E-state index is 12.0. The van der Waals surface area contributed by atoms with Crippen LogP contribution in [0, 0.1) is 0 Å². The van der Waals surface area contributed by atoms with Crippen LogP contribution in [0.5, 0.6) is 0 Å². The van der Waals surface area contributed by atoms with E-state index < -0.39 is 12.6 Å². The van der Waals surface area contributed by atoms with Crippen LogP contribution in [0.1, 0.15) is 23.8 Å². The van der Waals surface area contributed by atoms with E-state index in [1.54, 1.807) is 18.8 Å². The van der Waals surface area contributed by atoms with Gasteiger partial charge in [0.2, 0.25) is 0 Å². The minimum atomic E-state index is -4.08. The molecule has 80 valence electrons.